The quantitative estimate of drug-likeness (QED) is 0.872. The summed E-state index contributed by atoms with van der Waals surface area (Å²) >= 11 is 1.43. The molecule has 0 bridgehead atoms. The van der Waals surface area contributed by atoms with Gasteiger partial charge in [-0.05, 0) is 32.0 Å². The lowest BCUT2D eigenvalue weighted by atomic mass is 10.2. The molecule has 0 aliphatic carbocycles. The lowest BCUT2D eigenvalue weighted by Crippen LogP contribution is -2.22. The number of furan rings is 1. The van der Waals surface area contributed by atoms with Crippen LogP contribution in [0, 0.1) is 18.3 Å². The molecule has 0 saturated carbocycles. The molecule has 102 valence electrons. The van der Waals surface area contributed by atoms with Crippen LogP contribution in [0.4, 0.5) is 5.69 Å². The Morgan fingerprint density at radius 3 is 2.80 bits per heavy atom. The average molecular weight is 286 g/mol. The minimum absolute atomic E-state index is 0.140. The predicted molar refractivity (Wildman–Crippen MR) is 78.6 cm³/mol. The second-order valence-electron chi connectivity index (χ2n) is 4.25. The fourth-order valence-corrected chi connectivity index (χ4v) is 2.56. The van der Waals surface area contributed by atoms with E-state index < -0.39 is 0 Å². The Balaban J connectivity index is 2.05. The Morgan fingerprint density at radius 1 is 1.40 bits per heavy atom. The van der Waals surface area contributed by atoms with Crippen LogP contribution in [0.2, 0.25) is 0 Å². The van der Waals surface area contributed by atoms with Crippen LogP contribution < -0.4 is 5.32 Å². The topological polar surface area (TPSA) is 66.0 Å². The molecule has 0 fully saturated rings. The number of hydrogen-bond acceptors (Lipinski definition) is 4. The van der Waals surface area contributed by atoms with Crippen molar-refractivity contribution in [1.82, 2.24) is 0 Å². The van der Waals surface area contributed by atoms with Crippen LogP contribution >= 0.6 is 11.8 Å². The first kappa shape index (κ1) is 14.2. The second kappa shape index (κ2) is 6.31. The molecule has 1 unspecified atom stereocenters. The molecule has 0 aliphatic heterocycles. The molecule has 1 aromatic heterocycles. The zero-order valence-electron chi connectivity index (χ0n) is 11.2. The van der Waals surface area contributed by atoms with Gasteiger partial charge in [0.05, 0.1) is 22.8 Å². The number of amides is 1. The Morgan fingerprint density at radius 2 is 2.15 bits per heavy atom. The monoisotopic (exact) mass is 286 g/mol. The first-order chi connectivity index (χ1) is 9.61. The number of anilines is 1. The molecule has 2 rings (SSSR count). The Kier molecular flexibility index (Phi) is 4.49. The van der Waals surface area contributed by atoms with Gasteiger partial charge in [-0.1, -0.05) is 12.1 Å². The fourth-order valence-electron chi connectivity index (χ4n) is 1.66. The fraction of sp³-hybridized carbons (Fsp3) is 0.200. The molecule has 1 N–H and O–H groups in total. The largest absolute Gasteiger partial charge is 0.468 e. The molecule has 20 heavy (non-hydrogen) atoms. The van der Waals surface area contributed by atoms with Crippen molar-refractivity contribution in [2.75, 3.05) is 5.32 Å². The maximum atomic E-state index is 12.1. The number of rotatable bonds is 4. The van der Waals surface area contributed by atoms with Gasteiger partial charge in [0.15, 0.2) is 0 Å². The highest BCUT2D eigenvalue weighted by atomic mass is 32.2. The maximum absolute atomic E-state index is 12.1. The standard InChI is InChI=1S/C15H14N2O2S/c1-10-14(7-8-19-10)20-11(2)15(18)17-13-6-4-3-5-12(13)9-16/h3-8,11H,1-2H3,(H,17,18). The summed E-state index contributed by atoms with van der Waals surface area (Å²) in [7, 11) is 0. The van der Waals surface area contributed by atoms with Gasteiger partial charge in [-0.2, -0.15) is 5.26 Å². The van der Waals surface area contributed by atoms with Gasteiger partial charge in [0.25, 0.3) is 0 Å². The van der Waals surface area contributed by atoms with Crippen molar-refractivity contribution >= 4 is 23.4 Å². The van der Waals surface area contributed by atoms with Gasteiger partial charge in [0.1, 0.15) is 11.8 Å². The molecule has 1 atom stereocenters. The van der Waals surface area contributed by atoms with Crippen LogP contribution in [-0.4, -0.2) is 11.2 Å². The van der Waals surface area contributed by atoms with Gasteiger partial charge in [-0.3, -0.25) is 4.79 Å². The molecule has 1 heterocycles. The Labute approximate surface area is 121 Å². The predicted octanol–water partition coefficient (Wildman–Crippen LogP) is 3.58. The van der Waals surface area contributed by atoms with Crippen LogP contribution in [0.1, 0.15) is 18.2 Å². The van der Waals surface area contributed by atoms with E-state index in [-0.39, 0.29) is 11.2 Å². The lowest BCUT2D eigenvalue weighted by Gasteiger charge is -2.12. The van der Waals surface area contributed by atoms with Crippen LogP contribution in [0.3, 0.4) is 0 Å². The van der Waals surface area contributed by atoms with Crippen molar-refractivity contribution in [2.24, 2.45) is 0 Å². The molecule has 5 heteroatoms. The van der Waals surface area contributed by atoms with Crippen LogP contribution in [0.15, 0.2) is 45.9 Å². The van der Waals surface area contributed by atoms with Crippen molar-refractivity contribution in [3.8, 4) is 6.07 Å². The van der Waals surface area contributed by atoms with Crippen LogP contribution in [0.25, 0.3) is 0 Å². The molecular formula is C15H14N2O2S. The summed E-state index contributed by atoms with van der Waals surface area (Å²) in [6, 6.07) is 10.8. The first-order valence-corrected chi connectivity index (χ1v) is 7.00. The van der Waals surface area contributed by atoms with Gasteiger partial charge < -0.3 is 9.73 Å². The SMILES string of the molecule is Cc1occc1SC(C)C(=O)Nc1ccccc1C#N. The van der Waals surface area contributed by atoms with Gasteiger partial charge >= 0.3 is 0 Å². The summed E-state index contributed by atoms with van der Waals surface area (Å²) in [6.07, 6.45) is 1.60. The van der Waals surface area contributed by atoms with Crippen molar-refractivity contribution in [3.63, 3.8) is 0 Å². The number of nitrogens with one attached hydrogen (secondary N) is 1. The smallest absolute Gasteiger partial charge is 0.237 e. The van der Waals surface area contributed by atoms with Crippen molar-refractivity contribution < 1.29 is 9.21 Å². The number of hydrogen-bond donors (Lipinski definition) is 1. The normalized spacial score (nSPS) is 11.7. The molecule has 4 nitrogen and oxygen atoms in total. The van der Waals surface area contributed by atoms with Gasteiger partial charge in [-0.25, -0.2) is 0 Å². The molecule has 1 aromatic carbocycles. The molecule has 1 amide bonds. The minimum Gasteiger partial charge on any atom is -0.468 e. The summed E-state index contributed by atoms with van der Waals surface area (Å²) in [5.74, 6) is 0.658. The third-order valence-corrected chi connectivity index (χ3v) is 4.03. The number of benzene rings is 1. The van der Waals surface area contributed by atoms with E-state index in [4.69, 9.17) is 9.68 Å². The van der Waals surface area contributed by atoms with Crippen LogP contribution in [-0.2, 0) is 4.79 Å². The van der Waals surface area contributed by atoms with E-state index in [1.165, 1.54) is 11.8 Å². The van der Waals surface area contributed by atoms with Crippen molar-refractivity contribution in [3.05, 3.63) is 47.9 Å². The molecule has 0 spiro atoms. The summed E-state index contributed by atoms with van der Waals surface area (Å²) < 4.78 is 5.20. The molecule has 0 saturated heterocycles. The van der Waals surface area contributed by atoms with Gasteiger partial charge in [-0.15, -0.1) is 11.8 Å². The van der Waals surface area contributed by atoms with Crippen LogP contribution in [0.5, 0.6) is 0 Å². The van der Waals surface area contributed by atoms with E-state index in [1.807, 2.05) is 19.9 Å². The van der Waals surface area contributed by atoms with E-state index >= 15 is 0 Å². The molecule has 2 aromatic rings. The molecule has 0 aliphatic rings. The van der Waals surface area contributed by atoms with Crippen molar-refractivity contribution in [2.45, 2.75) is 24.0 Å². The summed E-state index contributed by atoms with van der Waals surface area (Å²) in [5.41, 5.74) is 0.994. The van der Waals surface area contributed by atoms with E-state index in [0.717, 1.165) is 10.7 Å². The lowest BCUT2D eigenvalue weighted by molar-refractivity contribution is -0.115. The average Bonchev–Trinajstić information content (AvgIpc) is 2.84. The van der Waals surface area contributed by atoms with Gasteiger partial charge in [0.2, 0.25) is 5.91 Å². The third kappa shape index (κ3) is 3.22. The Hall–Kier alpha value is -2.19. The highest BCUT2D eigenvalue weighted by molar-refractivity contribution is 8.00. The summed E-state index contributed by atoms with van der Waals surface area (Å²) in [6.45, 7) is 3.68. The molecular weight excluding hydrogens is 272 g/mol. The first-order valence-electron chi connectivity index (χ1n) is 6.12. The second-order valence-corrected chi connectivity index (χ2v) is 5.63. The number of thioether (sulfide) groups is 1. The van der Waals surface area contributed by atoms with E-state index in [9.17, 15) is 4.79 Å². The number of carbonyl (C=O) groups excluding carboxylic acids is 1. The number of nitriles is 1. The maximum Gasteiger partial charge on any atom is 0.237 e. The van der Waals surface area contributed by atoms with E-state index in [0.29, 0.717) is 11.3 Å². The number of carbonyl (C=O) groups is 1. The summed E-state index contributed by atoms with van der Waals surface area (Å²) in [4.78, 5) is 13.1. The van der Waals surface area contributed by atoms with E-state index in [1.54, 1.807) is 30.5 Å². The highest BCUT2D eigenvalue weighted by Crippen LogP contribution is 2.28. The van der Waals surface area contributed by atoms with Crippen molar-refractivity contribution in [1.29, 1.82) is 5.26 Å². The number of nitrogens with zero attached hydrogens (tertiary/aromatic N) is 1. The number of para-hydroxylation sites is 1. The minimum atomic E-state index is -0.280. The third-order valence-electron chi connectivity index (χ3n) is 2.79. The van der Waals surface area contributed by atoms with E-state index in [2.05, 4.69) is 11.4 Å². The highest BCUT2D eigenvalue weighted by Gasteiger charge is 2.17. The van der Waals surface area contributed by atoms with Gasteiger partial charge in [0, 0.05) is 4.90 Å². The Bertz CT molecular complexity index is 658. The zero-order chi connectivity index (χ0) is 14.5. The summed E-state index contributed by atoms with van der Waals surface area (Å²) in [5, 5.41) is 11.5. The number of aryl methyl sites for hydroxylation is 1. The molecule has 0 radical (unpaired) electrons. The zero-order valence-corrected chi connectivity index (χ0v) is 12.0.